The lowest BCUT2D eigenvalue weighted by Gasteiger charge is -2.02. The standard InChI is InChI=1S/C21H11NO/c1-3-4-5-6-7-8-9-10-11-12-13-14-15-16-17-18-19-21(23)20(2)22/h19-21,23H,1,22H2,2H3/p+1/t20-,21-/m0/s1. The Labute approximate surface area is 134 Å². The van der Waals surface area contributed by atoms with Crippen LogP contribution >= 0.6 is 0 Å². The molecule has 0 bridgehead atoms. The third-order valence-corrected chi connectivity index (χ3v) is 1.81. The van der Waals surface area contributed by atoms with E-state index in [1.165, 1.54) is 6.08 Å². The summed E-state index contributed by atoms with van der Waals surface area (Å²) in [5, 5.41) is 9.39. The summed E-state index contributed by atoms with van der Waals surface area (Å²) in [6, 6.07) is -0.118. The van der Waals surface area contributed by atoms with E-state index in [0.717, 1.165) is 0 Å². The van der Waals surface area contributed by atoms with E-state index in [1.54, 1.807) is 6.92 Å². The molecule has 0 saturated carbocycles. The van der Waals surface area contributed by atoms with Crippen LogP contribution in [-0.2, 0) is 0 Å². The minimum Gasteiger partial charge on any atom is -0.382 e. The van der Waals surface area contributed by atoms with Crippen molar-refractivity contribution in [3.05, 3.63) is 104 Å². The van der Waals surface area contributed by atoms with E-state index < -0.39 is 6.10 Å². The van der Waals surface area contributed by atoms with Gasteiger partial charge in [-0.05, 0) is 93.7 Å². The monoisotopic (exact) mass is 294 g/mol. The minimum absolute atomic E-state index is 0.118. The Hall–Kier alpha value is -3.86. The predicted octanol–water partition coefficient (Wildman–Crippen LogP) is 1.65. The van der Waals surface area contributed by atoms with Crippen molar-refractivity contribution in [1.82, 2.24) is 0 Å². The Morgan fingerprint density at radius 3 is 1.43 bits per heavy atom. The lowest BCUT2D eigenvalue weighted by atomic mass is 10.2. The third-order valence-electron chi connectivity index (χ3n) is 1.81. The molecule has 0 amide bonds. The third kappa shape index (κ3) is 14.4. The molecular formula is C21H12NO+. The number of aliphatic hydroxyl groups is 1. The van der Waals surface area contributed by atoms with Gasteiger partial charge < -0.3 is 10.8 Å². The van der Waals surface area contributed by atoms with Gasteiger partial charge in [0.15, 0.2) is 0 Å². The molecule has 106 valence electrons. The van der Waals surface area contributed by atoms with Gasteiger partial charge in [-0.1, -0.05) is 11.5 Å². The van der Waals surface area contributed by atoms with Crippen LogP contribution in [0.2, 0.25) is 0 Å². The maximum absolute atomic E-state index is 9.39. The molecule has 0 fully saturated rings. The fourth-order valence-electron chi connectivity index (χ4n) is 0.747. The number of hydrogen-bond acceptors (Lipinski definition) is 1. The molecule has 0 aromatic heterocycles. The molecule has 0 saturated heterocycles. The molecule has 0 aromatic carbocycles. The van der Waals surface area contributed by atoms with E-state index in [2.05, 4.69) is 104 Å². The summed E-state index contributed by atoms with van der Waals surface area (Å²) in [7, 11) is 0. The Balaban J connectivity index is 5.54. The number of hydrogen-bond donors (Lipinski definition) is 2. The molecule has 0 aliphatic carbocycles. The molecule has 23 heavy (non-hydrogen) atoms. The van der Waals surface area contributed by atoms with E-state index >= 15 is 0 Å². The van der Waals surface area contributed by atoms with Crippen molar-refractivity contribution in [3.63, 3.8) is 0 Å². The molecule has 2 atom stereocenters. The highest BCUT2D eigenvalue weighted by atomic mass is 16.3. The van der Waals surface area contributed by atoms with Gasteiger partial charge in [0.25, 0.3) is 0 Å². The second-order valence-corrected chi connectivity index (χ2v) is 3.71. The van der Waals surface area contributed by atoms with Gasteiger partial charge in [0.1, 0.15) is 12.1 Å². The van der Waals surface area contributed by atoms with Crippen molar-refractivity contribution in [1.29, 1.82) is 0 Å². The van der Waals surface area contributed by atoms with E-state index in [0.29, 0.717) is 0 Å². The fraction of sp³-hybridized carbons (Fsp3) is 0.143. The van der Waals surface area contributed by atoms with Crippen LogP contribution < -0.4 is 5.73 Å². The van der Waals surface area contributed by atoms with Gasteiger partial charge in [-0.15, -0.1) is 0 Å². The number of rotatable bonds is 2. The topological polar surface area (TPSA) is 47.9 Å². The van der Waals surface area contributed by atoms with Crippen molar-refractivity contribution < 1.29 is 10.8 Å². The second kappa shape index (κ2) is 14.5. The normalized spacial score (nSPS) is 8.30. The molecule has 0 aliphatic rings. The van der Waals surface area contributed by atoms with Crippen LogP contribution in [0.1, 0.15) is 6.92 Å². The lowest BCUT2D eigenvalue weighted by Crippen LogP contribution is -2.64. The number of aliphatic hydroxyl groups excluding tert-OH is 1. The quantitative estimate of drug-likeness (QED) is 0.747. The average molecular weight is 294 g/mol. The Bertz CT molecular complexity index is 1030. The van der Waals surface area contributed by atoms with Crippen LogP contribution in [-0.4, -0.2) is 17.3 Å². The van der Waals surface area contributed by atoms with Crippen molar-refractivity contribution in [2.24, 2.45) is 0 Å². The van der Waals surface area contributed by atoms with Crippen LogP contribution in [0.25, 0.3) is 0 Å². The Kier molecular flexibility index (Phi) is 12.1. The van der Waals surface area contributed by atoms with Crippen molar-refractivity contribution in [2.75, 3.05) is 0 Å². The van der Waals surface area contributed by atoms with Gasteiger partial charge in [0.05, 0.1) is 0 Å². The first kappa shape index (κ1) is 19.1. The van der Waals surface area contributed by atoms with Gasteiger partial charge >= 0.3 is 0 Å². The van der Waals surface area contributed by atoms with Crippen molar-refractivity contribution in [2.45, 2.75) is 19.1 Å². The van der Waals surface area contributed by atoms with E-state index in [1.807, 2.05) is 0 Å². The first-order valence-electron chi connectivity index (χ1n) is 6.30. The Morgan fingerprint density at radius 2 is 1.09 bits per heavy atom. The molecule has 0 radical (unpaired) electrons. The minimum atomic E-state index is -0.662. The lowest BCUT2D eigenvalue weighted by molar-refractivity contribution is -0.427. The second-order valence-electron chi connectivity index (χ2n) is 3.71. The zero-order valence-corrected chi connectivity index (χ0v) is 12.6. The van der Waals surface area contributed by atoms with E-state index in [4.69, 9.17) is 0 Å². The largest absolute Gasteiger partial charge is 0.382 e. The fourth-order valence-corrected chi connectivity index (χ4v) is 0.747. The molecule has 0 heterocycles. The summed E-state index contributed by atoms with van der Waals surface area (Å²) in [4.78, 5) is 0. The van der Waals surface area contributed by atoms with Crippen LogP contribution in [0.4, 0.5) is 0 Å². The molecular weight excluding hydrogens is 282 g/mol. The zero-order chi connectivity index (χ0) is 17.2. The SMILES string of the molecule is C=C=C=C=C=C=C=C=C=C=C=C=C=C=C=C=C=C[C@H](O)[C@H](C)[NH3+]. The van der Waals surface area contributed by atoms with Gasteiger partial charge in [-0.25, -0.2) is 0 Å². The molecule has 0 spiro atoms. The summed E-state index contributed by atoms with van der Waals surface area (Å²) >= 11 is 0. The van der Waals surface area contributed by atoms with Crippen LogP contribution in [0.15, 0.2) is 104 Å². The van der Waals surface area contributed by atoms with Crippen molar-refractivity contribution >= 4 is 0 Å². The Morgan fingerprint density at radius 1 is 0.739 bits per heavy atom. The van der Waals surface area contributed by atoms with E-state index in [-0.39, 0.29) is 6.04 Å². The predicted molar refractivity (Wildman–Crippen MR) is 84.8 cm³/mol. The van der Waals surface area contributed by atoms with Crippen LogP contribution in [0, 0.1) is 0 Å². The number of quaternary nitrogens is 1. The van der Waals surface area contributed by atoms with Crippen LogP contribution in [0.3, 0.4) is 0 Å². The van der Waals surface area contributed by atoms with Crippen LogP contribution in [0.5, 0.6) is 0 Å². The molecule has 4 N–H and O–H groups in total. The highest BCUT2D eigenvalue weighted by Crippen LogP contribution is 1.86. The summed E-state index contributed by atoms with van der Waals surface area (Å²) < 4.78 is 0. The first-order valence-corrected chi connectivity index (χ1v) is 6.30. The summed E-state index contributed by atoms with van der Waals surface area (Å²) in [6.45, 7) is 5.09. The summed E-state index contributed by atoms with van der Waals surface area (Å²) in [6.07, 6.45) is 0.775. The highest BCUT2D eigenvalue weighted by molar-refractivity contribution is 4.94. The molecule has 0 unspecified atom stereocenters. The van der Waals surface area contributed by atoms with Gasteiger partial charge in [0.2, 0.25) is 0 Å². The molecule has 0 aliphatic heterocycles. The van der Waals surface area contributed by atoms with Crippen molar-refractivity contribution in [3.8, 4) is 0 Å². The summed E-state index contributed by atoms with van der Waals surface area (Å²) in [5.74, 6) is 0. The van der Waals surface area contributed by atoms with Gasteiger partial charge in [0, 0.05) is 6.08 Å². The summed E-state index contributed by atoms with van der Waals surface area (Å²) in [5.41, 5.74) is 43.5. The maximum Gasteiger partial charge on any atom is 0.131 e. The van der Waals surface area contributed by atoms with Gasteiger partial charge in [-0.3, -0.25) is 0 Å². The van der Waals surface area contributed by atoms with E-state index in [9.17, 15) is 5.11 Å². The molecule has 0 rings (SSSR count). The smallest absolute Gasteiger partial charge is 0.131 e. The molecule has 2 nitrogen and oxygen atoms in total. The highest BCUT2D eigenvalue weighted by Gasteiger charge is 2.06. The molecule has 2 heteroatoms. The first-order chi connectivity index (χ1) is 11.2. The average Bonchev–Trinajstić information content (AvgIpc) is 2.54. The zero-order valence-electron chi connectivity index (χ0n) is 12.6. The maximum atomic E-state index is 9.39. The molecule has 0 aromatic rings. The van der Waals surface area contributed by atoms with Gasteiger partial charge in [-0.2, -0.15) is 0 Å².